The van der Waals surface area contributed by atoms with E-state index in [2.05, 4.69) is 33.8 Å². The number of H-pyrrole nitrogens is 1. The summed E-state index contributed by atoms with van der Waals surface area (Å²) < 4.78 is 0. The molecule has 2 aromatic heterocycles. The zero-order chi connectivity index (χ0) is 13.4. The van der Waals surface area contributed by atoms with Crippen LogP contribution in [0.3, 0.4) is 0 Å². The van der Waals surface area contributed by atoms with Gasteiger partial charge < -0.3 is 10.7 Å². The standard InChI is InChI=1S/C14H15N5/c1-8(2)14-16-6-10(15)13(19-14)9-3-4-11-12(5-9)18-7-17-11/h3-8H,15H2,1-2H3,(H,17,18). The average molecular weight is 253 g/mol. The van der Waals surface area contributed by atoms with E-state index in [-0.39, 0.29) is 5.92 Å². The lowest BCUT2D eigenvalue weighted by Crippen LogP contribution is -2.02. The van der Waals surface area contributed by atoms with E-state index in [0.717, 1.165) is 28.1 Å². The summed E-state index contributed by atoms with van der Waals surface area (Å²) in [4.78, 5) is 16.1. The number of hydrogen-bond donors (Lipinski definition) is 2. The van der Waals surface area contributed by atoms with Crippen molar-refractivity contribution >= 4 is 16.7 Å². The van der Waals surface area contributed by atoms with Gasteiger partial charge >= 0.3 is 0 Å². The Bertz CT molecular complexity index is 730. The number of nitrogens with one attached hydrogen (secondary N) is 1. The van der Waals surface area contributed by atoms with Crippen molar-refractivity contribution in [3.05, 3.63) is 36.5 Å². The van der Waals surface area contributed by atoms with Crippen molar-refractivity contribution in [1.82, 2.24) is 19.9 Å². The van der Waals surface area contributed by atoms with Crippen molar-refractivity contribution < 1.29 is 0 Å². The number of aromatic nitrogens is 4. The van der Waals surface area contributed by atoms with E-state index in [0.29, 0.717) is 5.69 Å². The highest BCUT2D eigenvalue weighted by Crippen LogP contribution is 2.26. The van der Waals surface area contributed by atoms with Crippen molar-refractivity contribution in [2.45, 2.75) is 19.8 Å². The van der Waals surface area contributed by atoms with Gasteiger partial charge in [0.1, 0.15) is 5.82 Å². The van der Waals surface area contributed by atoms with Crippen molar-refractivity contribution in [2.24, 2.45) is 0 Å². The highest BCUT2D eigenvalue weighted by Gasteiger charge is 2.10. The fourth-order valence-electron chi connectivity index (χ4n) is 2.00. The molecule has 2 heterocycles. The van der Waals surface area contributed by atoms with Crippen molar-refractivity contribution in [1.29, 1.82) is 0 Å². The monoisotopic (exact) mass is 253 g/mol. The van der Waals surface area contributed by atoms with Crippen LogP contribution in [-0.2, 0) is 0 Å². The number of benzene rings is 1. The van der Waals surface area contributed by atoms with Crippen LogP contribution in [0.2, 0.25) is 0 Å². The number of nitrogens with zero attached hydrogens (tertiary/aromatic N) is 3. The smallest absolute Gasteiger partial charge is 0.131 e. The first-order valence-corrected chi connectivity index (χ1v) is 6.21. The second kappa shape index (κ2) is 4.35. The van der Waals surface area contributed by atoms with Crippen LogP contribution in [0.5, 0.6) is 0 Å². The number of imidazole rings is 1. The van der Waals surface area contributed by atoms with Gasteiger partial charge in [0.25, 0.3) is 0 Å². The molecule has 0 unspecified atom stereocenters. The van der Waals surface area contributed by atoms with Gasteiger partial charge in [-0.05, 0) is 12.1 Å². The molecule has 0 saturated heterocycles. The first-order chi connectivity index (χ1) is 9.15. The molecular formula is C14H15N5. The van der Waals surface area contributed by atoms with Gasteiger partial charge in [0.05, 0.1) is 34.9 Å². The number of aromatic amines is 1. The molecule has 0 saturated carbocycles. The topological polar surface area (TPSA) is 80.5 Å². The Hall–Kier alpha value is -2.43. The number of hydrogen-bond acceptors (Lipinski definition) is 4. The molecule has 0 radical (unpaired) electrons. The van der Waals surface area contributed by atoms with Gasteiger partial charge in [-0.25, -0.2) is 15.0 Å². The van der Waals surface area contributed by atoms with Crippen molar-refractivity contribution in [3.8, 4) is 11.3 Å². The molecule has 0 aliphatic carbocycles. The van der Waals surface area contributed by atoms with E-state index in [9.17, 15) is 0 Å². The summed E-state index contributed by atoms with van der Waals surface area (Å²) in [6.07, 6.45) is 3.35. The number of nitrogens with two attached hydrogens (primary N) is 1. The molecule has 3 N–H and O–H groups in total. The Balaban J connectivity index is 2.16. The molecule has 0 amide bonds. The molecule has 3 aromatic rings. The molecule has 0 spiro atoms. The van der Waals surface area contributed by atoms with E-state index in [1.807, 2.05) is 18.2 Å². The summed E-state index contributed by atoms with van der Waals surface area (Å²) in [6, 6.07) is 5.94. The first kappa shape index (κ1) is 11.6. The van der Waals surface area contributed by atoms with E-state index in [4.69, 9.17) is 5.73 Å². The van der Waals surface area contributed by atoms with Crippen LogP contribution in [0.15, 0.2) is 30.7 Å². The first-order valence-electron chi connectivity index (χ1n) is 6.21. The Morgan fingerprint density at radius 2 is 2.05 bits per heavy atom. The molecule has 0 aliphatic heterocycles. The van der Waals surface area contributed by atoms with Crippen LogP contribution in [0, 0.1) is 0 Å². The summed E-state index contributed by atoms with van der Waals surface area (Å²) in [7, 11) is 0. The second-order valence-corrected chi connectivity index (χ2v) is 4.82. The van der Waals surface area contributed by atoms with E-state index in [1.54, 1.807) is 12.5 Å². The predicted octanol–water partition coefficient (Wildman–Crippen LogP) is 2.73. The predicted molar refractivity (Wildman–Crippen MR) is 75.6 cm³/mol. The summed E-state index contributed by atoms with van der Waals surface area (Å²) in [6.45, 7) is 4.13. The second-order valence-electron chi connectivity index (χ2n) is 4.82. The molecule has 96 valence electrons. The lowest BCUT2D eigenvalue weighted by molar-refractivity contribution is 0.777. The lowest BCUT2D eigenvalue weighted by Gasteiger charge is -2.09. The summed E-state index contributed by atoms with van der Waals surface area (Å²) in [5.41, 5.74) is 10.2. The largest absolute Gasteiger partial charge is 0.396 e. The maximum Gasteiger partial charge on any atom is 0.131 e. The fourth-order valence-corrected chi connectivity index (χ4v) is 2.00. The Labute approximate surface area is 110 Å². The molecule has 1 aromatic carbocycles. The summed E-state index contributed by atoms with van der Waals surface area (Å²) in [5, 5.41) is 0. The van der Waals surface area contributed by atoms with Gasteiger partial charge in [-0.2, -0.15) is 0 Å². The normalized spacial score (nSPS) is 11.3. The molecule has 0 fully saturated rings. The van der Waals surface area contributed by atoms with Crippen LogP contribution in [0.1, 0.15) is 25.6 Å². The van der Waals surface area contributed by atoms with Crippen LogP contribution in [-0.4, -0.2) is 19.9 Å². The third-order valence-corrected chi connectivity index (χ3v) is 3.05. The quantitative estimate of drug-likeness (QED) is 0.735. The van der Waals surface area contributed by atoms with E-state index in [1.165, 1.54) is 0 Å². The Morgan fingerprint density at radius 3 is 2.84 bits per heavy atom. The van der Waals surface area contributed by atoms with Crippen LogP contribution in [0.4, 0.5) is 5.69 Å². The molecule has 0 atom stereocenters. The minimum atomic E-state index is 0.273. The van der Waals surface area contributed by atoms with Gasteiger partial charge in [-0.15, -0.1) is 0 Å². The van der Waals surface area contributed by atoms with Crippen molar-refractivity contribution in [3.63, 3.8) is 0 Å². The van der Waals surface area contributed by atoms with Crippen LogP contribution >= 0.6 is 0 Å². The molecule has 5 heteroatoms. The molecule has 0 aliphatic rings. The third-order valence-electron chi connectivity index (χ3n) is 3.05. The Morgan fingerprint density at radius 1 is 1.21 bits per heavy atom. The third kappa shape index (κ3) is 2.03. The molecule has 0 bridgehead atoms. The van der Waals surface area contributed by atoms with Gasteiger partial charge in [0, 0.05) is 11.5 Å². The zero-order valence-corrected chi connectivity index (χ0v) is 10.9. The van der Waals surface area contributed by atoms with Crippen LogP contribution < -0.4 is 5.73 Å². The van der Waals surface area contributed by atoms with Gasteiger partial charge in [-0.3, -0.25) is 0 Å². The van der Waals surface area contributed by atoms with E-state index >= 15 is 0 Å². The lowest BCUT2D eigenvalue weighted by atomic mass is 10.1. The number of rotatable bonds is 2. The Kier molecular flexibility index (Phi) is 2.67. The highest BCUT2D eigenvalue weighted by atomic mass is 14.9. The fraction of sp³-hybridized carbons (Fsp3) is 0.214. The maximum absolute atomic E-state index is 5.99. The zero-order valence-electron chi connectivity index (χ0n) is 10.9. The van der Waals surface area contributed by atoms with Crippen molar-refractivity contribution in [2.75, 3.05) is 5.73 Å². The van der Waals surface area contributed by atoms with Gasteiger partial charge in [-0.1, -0.05) is 19.9 Å². The summed E-state index contributed by atoms with van der Waals surface area (Å²) >= 11 is 0. The molecule has 19 heavy (non-hydrogen) atoms. The number of anilines is 1. The van der Waals surface area contributed by atoms with Gasteiger partial charge in [0.15, 0.2) is 0 Å². The average Bonchev–Trinajstić information content (AvgIpc) is 2.86. The number of nitrogen functional groups attached to an aromatic ring is 1. The van der Waals surface area contributed by atoms with Gasteiger partial charge in [0.2, 0.25) is 0 Å². The minimum absolute atomic E-state index is 0.273. The van der Waals surface area contributed by atoms with Crippen LogP contribution in [0.25, 0.3) is 22.3 Å². The maximum atomic E-state index is 5.99. The SMILES string of the molecule is CC(C)c1ncc(N)c(-c2ccc3nc[nH]c3c2)n1. The minimum Gasteiger partial charge on any atom is -0.396 e. The molecular weight excluding hydrogens is 238 g/mol. The highest BCUT2D eigenvalue weighted by molar-refractivity contribution is 5.83. The molecule has 5 nitrogen and oxygen atoms in total. The number of fused-ring (bicyclic) bond motifs is 1. The molecule has 3 rings (SSSR count). The summed E-state index contributed by atoms with van der Waals surface area (Å²) in [5.74, 6) is 1.07. The van der Waals surface area contributed by atoms with E-state index < -0.39 is 0 Å².